The standard InChI is InChI=1S/C17H24N4O4/c1-12(22)19-13-5-6-15(25-2)14(11-13)20-17(24)18-8-7-16(23)21-9-3-4-10-21/h5-6,11H,3-4,7-10H2,1-2H3,(H,19,22)(H2,18,20,24). The summed E-state index contributed by atoms with van der Waals surface area (Å²) in [4.78, 5) is 36.9. The summed E-state index contributed by atoms with van der Waals surface area (Å²) in [6, 6.07) is 4.50. The SMILES string of the molecule is COc1ccc(NC(C)=O)cc1NC(=O)NCCC(=O)N1CCCC1. The van der Waals surface area contributed by atoms with E-state index in [0.29, 0.717) is 17.1 Å². The van der Waals surface area contributed by atoms with E-state index in [-0.39, 0.29) is 24.8 Å². The molecule has 8 nitrogen and oxygen atoms in total. The Labute approximate surface area is 146 Å². The molecule has 25 heavy (non-hydrogen) atoms. The summed E-state index contributed by atoms with van der Waals surface area (Å²) >= 11 is 0. The molecule has 0 aromatic heterocycles. The maximum absolute atomic E-state index is 12.0. The number of nitrogens with zero attached hydrogens (tertiary/aromatic N) is 1. The van der Waals surface area contributed by atoms with Crippen LogP contribution < -0.4 is 20.7 Å². The van der Waals surface area contributed by atoms with Gasteiger partial charge < -0.3 is 25.6 Å². The zero-order chi connectivity index (χ0) is 18.2. The van der Waals surface area contributed by atoms with Crippen LogP contribution in [-0.4, -0.2) is 49.5 Å². The van der Waals surface area contributed by atoms with Crippen LogP contribution in [0.25, 0.3) is 0 Å². The molecule has 0 unspecified atom stereocenters. The van der Waals surface area contributed by atoms with Gasteiger partial charge in [0.05, 0.1) is 12.8 Å². The van der Waals surface area contributed by atoms with E-state index in [1.807, 2.05) is 4.90 Å². The van der Waals surface area contributed by atoms with E-state index >= 15 is 0 Å². The van der Waals surface area contributed by atoms with E-state index in [1.54, 1.807) is 18.2 Å². The van der Waals surface area contributed by atoms with Crippen LogP contribution >= 0.6 is 0 Å². The highest BCUT2D eigenvalue weighted by Crippen LogP contribution is 2.27. The van der Waals surface area contributed by atoms with Crippen molar-refractivity contribution in [2.24, 2.45) is 0 Å². The van der Waals surface area contributed by atoms with Crippen molar-refractivity contribution in [1.29, 1.82) is 0 Å². The Bertz CT molecular complexity index is 642. The summed E-state index contributed by atoms with van der Waals surface area (Å²) in [6.07, 6.45) is 2.37. The molecule has 1 heterocycles. The molecular formula is C17H24N4O4. The summed E-state index contributed by atoms with van der Waals surface area (Å²) in [5, 5.41) is 7.97. The fourth-order valence-corrected chi connectivity index (χ4v) is 2.66. The van der Waals surface area contributed by atoms with Crippen molar-refractivity contribution < 1.29 is 19.1 Å². The lowest BCUT2D eigenvalue weighted by atomic mass is 10.2. The second kappa shape index (κ2) is 8.91. The predicted molar refractivity (Wildman–Crippen MR) is 94.8 cm³/mol. The number of ether oxygens (including phenoxy) is 1. The number of hydrogen-bond acceptors (Lipinski definition) is 4. The van der Waals surface area contributed by atoms with Crippen LogP contribution in [0.1, 0.15) is 26.2 Å². The number of likely N-dealkylation sites (tertiary alicyclic amines) is 1. The van der Waals surface area contributed by atoms with E-state index in [0.717, 1.165) is 25.9 Å². The summed E-state index contributed by atoms with van der Waals surface area (Å²) in [6.45, 7) is 3.27. The molecule has 1 saturated heterocycles. The summed E-state index contributed by atoms with van der Waals surface area (Å²) in [5.74, 6) is 0.321. The van der Waals surface area contributed by atoms with Crippen molar-refractivity contribution in [3.8, 4) is 5.75 Å². The smallest absolute Gasteiger partial charge is 0.319 e. The van der Waals surface area contributed by atoms with Crippen LogP contribution in [0.2, 0.25) is 0 Å². The van der Waals surface area contributed by atoms with Gasteiger partial charge in [-0.15, -0.1) is 0 Å². The zero-order valence-corrected chi connectivity index (χ0v) is 14.6. The van der Waals surface area contributed by atoms with Gasteiger partial charge in [-0.1, -0.05) is 0 Å². The molecule has 4 amide bonds. The molecule has 8 heteroatoms. The summed E-state index contributed by atoms with van der Waals surface area (Å²) < 4.78 is 5.20. The molecule has 0 aliphatic carbocycles. The van der Waals surface area contributed by atoms with Crippen molar-refractivity contribution >= 4 is 29.2 Å². The third-order valence-electron chi connectivity index (χ3n) is 3.85. The molecule has 3 N–H and O–H groups in total. The molecular weight excluding hydrogens is 324 g/mol. The topological polar surface area (TPSA) is 99.8 Å². The maximum Gasteiger partial charge on any atom is 0.319 e. The van der Waals surface area contributed by atoms with Crippen molar-refractivity contribution in [3.63, 3.8) is 0 Å². The van der Waals surface area contributed by atoms with Crippen molar-refractivity contribution in [2.75, 3.05) is 37.4 Å². The third kappa shape index (κ3) is 5.66. The van der Waals surface area contributed by atoms with Crippen molar-refractivity contribution in [2.45, 2.75) is 26.2 Å². The molecule has 2 rings (SSSR count). The van der Waals surface area contributed by atoms with Gasteiger partial charge in [0, 0.05) is 38.7 Å². The Kier molecular flexibility index (Phi) is 6.62. The quantitative estimate of drug-likeness (QED) is 0.730. The highest BCUT2D eigenvalue weighted by molar-refractivity contribution is 5.94. The number of anilines is 2. The fraction of sp³-hybridized carbons (Fsp3) is 0.471. The van der Waals surface area contributed by atoms with Crippen LogP contribution in [-0.2, 0) is 9.59 Å². The van der Waals surface area contributed by atoms with Crippen LogP contribution in [0.4, 0.5) is 16.2 Å². The van der Waals surface area contributed by atoms with E-state index in [2.05, 4.69) is 16.0 Å². The molecule has 1 aliphatic rings. The van der Waals surface area contributed by atoms with Crippen molar-refractivity contribution in [3.05, 3.63) is 18.2 Å². The molecule has 0 radical (unpaired) electrons. The van der Waals surface area contributed by atoms with E-state index < -0.39 is 6.03 Å². The fourth-order valence-electron chi connectivity index (χ4n) is 2.66. The number of methoxy groups -OCH3 is 1. The number of carbonyl (C=O) groups is 3. The van der Waals surface area contributed by atoms with Gasteiger partial charge >= 0.3 is 6.03 Å². The van der Waals surface area contributed by atoms with Gasteiger partial charge in [-0.05, 0) is 31.0 Å². The molecule has 0 saturated carbocycles. The largest absolute Gasteiger partial charge is 0.495 e. The molecule has 1 aliphatic heterocycles. The van der Waals surface area contributed by atoms with Crippen molar-refractivity contribution in [1.82, 2.24) is 10.2 Å². The van der Waals surface area contributed by atoms with Gasteiger partial charge in [-0.3, -0.25) is 9.59 Å². The Morgan fingerprint density at radius 3 is 2.52 bits per heavy atom. The maximum atomic E-state index is 12.0. The monoisotopic (exact) mass is 348 g/mol. The number of carbonyl (C=O) groups excluding carboxylic acids is 3. The lowest BCUT2D eigenvalue weighted by Crippen LogP contribution is -2.34. The number of amides is 4. The lowest BCUT2D eigenvalue weighted by molar-refractivity contribution is -0.130. The molecule has 136 valence electrons. The summed E-state index contributed by atoms with van der Waals surface area (Å²) in [7, 11) is 1.49. The van der Waals surface area contributed by atoms with Crippen LogP contribution in [0.5, 0.6) is 5.75 Å². The Morgan fingerprint density at radius 1 is 1.16 bits per heavy atom. The number of rotatable bonds is 6. The van der Waals surface area contributed by atoms with Gasteiger partial charge in [0.1, 0.15) is 5.75 Å². The number of nitrogens with one attached hydrogen (secondary N) is 3. The van der Waals surface area contributed by atoms with Crippen LogP contribution in [0.3, 0.4) is 0 Å². The Morgan fingerprint density at radius 2 is 1.88 bits per heavy atom. The zero-order valence-electron chi connectivity index (χ0n) is 14.6. The minimum Gasteiger partial charge on any atom is -0.495 e. The minimum atomic E-state index is -0.438. The molecule has 0 bridgehead atoms. The van der Waals surface area contributed by atoms with Crippen LogP contribution in [0.15, 0.2) is 18.2 Å². The second-order valence-corrected chi connectivity index (χ2v) is 5.82. The first-order valence-electron chi connectivity index (χ1n) is 8.28. The molecule has 1 fully saturated rings. The highest BCUT2D eigenvalue weighted by Gasteiger charge is 2.17. The Balaban J connectivity index is 1.86. The van der Waals surface area contributed by atoms with Gasteiger partial charge in [0.25, 0.3) is 0 Å². The van der Waals surface area contributed by atoms with Gasteiger partial charge in [-0.25, -0.2) is 4.79 Å². The molecule has 1 aromatic rings. The second-order valence-electron chi connectivity index (χ2n) is 5.82. The first kappa shape index (κ1) is 18.6. The molecule has 1 aromatic carbocycles. The first-order valence-corrected chi connectivity index (χ1v) is 8.28. The van der Waals surface area contributed by atoms with Gasteiger partial charge in [0.15, 0.2) is 0 Å². The summed E-state index contributed by atoms with van der Waals surface area (Å²) in [5.41, 5.74) is 0.977. The first-order chi connectivity index (χ1) is 12.0. The number of benzene rings is 1. The average molecular weight is 348 g/mol. The van der Waals surface area contributed by atoms with Crippen LogP contribution in [0, 0.1) is 0 Å². The highest BCUT2D eigenvalue weighted by atomic mass is 16.5. The Hall–Kier alpha value is -2.77. The van der Waals surface area contributed by atoms with E-state index in [4.69, 9.17) is 4.74 Å². The van der Waals surface area contributed by atoms with E-state index in [1.165, 1.54) is 14.0 Å². The average Bonchev–Trinajstić information content (AvgIpc) is 3.09. The predicted octanol–water partition coefficient (Wildman–Crippen LogP) is 1.79. The number of urea groups is 1. The molecule has 0 atom stereocenters. The van der Waals surface area contributed by atoms with E-state index in [9.17, 15) is 14.4 Å². The van der Waals surface area contributed by atoms with Gasteiger partial charge in [0.2, 0.25) is 11.8 Å². The number of hydrogen-bond donors (Lipinski definition) is 3. The lowest BCUT2D eigenvalue weighted by Gasteiger charge is -2.16. The third-order valence-corrected chi connectivity index (χ3v) is 3.85. The normalized spacial score (nSPS) is 13.3. The van der Waals surface area contributed by atoms with Gasteiger partial charge in [-0.2, -0.15) is 0 Å². The minimum absolute atomic E-state index is 0.0584. The molecule has 0 spiro atoms.